The molecule has 0 aliphatic carbocycles. The molecule has 0 N–H and O–H groups in total. The number of carbonyl (C=O) groups is 1. The normalized spacial score (nSPS) is 10.4. The van der Waals surface area contributed by atoms with Crippen molar-refractivity contribution >= 4 is 5.97 Å². The second-order valence-electron chi connectivity index (χ2n) is 4.06. The second-order valence-corrected chi connectivity index (χ2v) is 4.06. The molecule has 98 valence electrons. The highest BCUT2D eigenvalue weighted by Crippen LogP contribution is 2.04. The van der Waals surface area contributed by atoms with Gasteiger partial charge in [-0.2, -0.15) is 0 Å². The maximum atomic E-state index is 11.0. The van der Waals surface area contributed by atoms with Crippen molar-refractivity contribution in [1.29, 1.82) is 0 Å². The van der Waals surface area contributed by atoms with Gasteiger partial charge in [-0.1, -0.05) is 36.4 Å². The summed E-state index contributed by atoms with van der Waals surface area (Å²) in [6, 6.07) is 18.3. The molecule has 3 rings (SSSR count). The molecule has 0 fully saturated rings. The van der Waals surface area contributed by atoms with E-state index >= 15 is 0 Å². The number of para-hydroxylation sites is 2. The minimum absolute atomic E-state index is 0.363. The summed E-state index contributed by atoms with van der Waals surface area (Å²) in [6.07, 6.45) is 0. The number of tetrazole rings is 1. The first-order valence-corrected chi connectivity index (χ1v) is 5.97. The molecular formula is C14H10N4O2. The van der Waals surface area contributed by atoms with E-state index in [2.05, 4.69) is 10.2 Å². The molecule has 0 unspecified atom stereocenters. The van der Waals surface area contributed by atoms with Crippen LogP contribution in [0, 0.1) is 0 Å². The van der Waals surface area contributed by atoms with Gasteiger partial charge in [0.25, 0.3) is 0 Å². The highest BCUT2D eigenvalue weighted by molar-refractivity contribution is 5.80. The Kier molecular flexibility index (Phi) is 2.96. The molecule has 0 saturated carbocycles. The number of carboxylic acids is 1. The summed E-state index contributed by atoms with van der Waals surface area (Å²) in [6.45, 7) is 0. The van der Waals surface area contributed by atoms with E-state index in [1.54, 1.807) is 0 Å². The van der Waals surface area contributed by atoms with Gasteiger partial charge >= 0.3 is 5.82 Å². The van der Waals surface area contributed by atoms with Gasteiger partial charge in [-0.05, 0) is 34.2 Å². The molecule has 1 heterocycles. The van der Waals surface area contributed by atoms with Crippen LogP contribution >= 0.6 is 0 Å². The number of nitrogens with zero attached hydrogens (tertiary/aromatic N) is 4. The molecule has 0 spiro atoms. The Morgan fingerprint density at radius 2 is 1.60 bits per heavy atom. The topological polar surface area (TPSA) is 74.7 Å². The Morgan fingerprint density at radius 3 is 2.20 bits per heavy atom. The summed E-state index contributed by atoms with van der Waals surface area (Å²) in [7, 11) is 0. The van der Waals surface area contributed by atoms with Crippen LogP contribution in [0.1, 0.15) is 10.6 Å². The van der Waals surface area contributed by atoms with Crippen molar-refractivity contribution in [2.45, 2.75) is 0 Å². The average molecular weight is 266 g/mol. The van der Waals surface area contributed by atoms with Gasteiger partial charge in [0, 0.05) is 4.80 Å². The Bertz CT molecular complexity index is 681. The molecule has 0 aliphatic heterocycles. The number of hydrogen-bond acceptors (Lipinski definition) is 4. The first-order valence-electron chi connectivity index (χ1n) is 5.97. The van der Waals surface area contributed by atoms with Crippen molar-refractivity contribution in [2.24, 2.45) is 0 Å². The minimum Gasteiger partial charge on any atom is -0.540 e. The third-order valence-electron chi connectivity index (χ3n) is 2.72. The van der Waals surface area contributed by atoms with Crippen LogP contribution < -0.4 is 9.90 Å². The van der Waals surface area contributed by atoms with Gasteiger partial charge in [0.05, 0.1) is 5.10 Å². The van der Waals surface area contributed by atoms with Crippen LogP contribution in [0.15, 0.2) is 60.7 Å². The van der Waals surface area contributed by atoms with E-state index in [0.717, 1.165) is 0 Å². The number of hydrogen-bond donors (Lipinski definition) is 0. The molecule has 6 nitrogen and oxygen atoms in total. The van der Waals surface area contributed by atoms with Crippen LogP contribution in [0.25, 0.3) is 11.4 Å². The van der Waals surface area contributed by atoms with Gasteiger partial charge in [0.15, 0.2) is 5.69 Å². The van der Waals surface area contributed by atoms with Crippen molar-refractivity contribution in [3.05, 3.63) is 66.5 Å². The van der Waals surface area contributed by atoms with Crippen molar-refractivity contribution in [2.75, 3.05) is 0 Å². The van der Waals surface area contributed by atoms with Crippen LogP contribution in [0.4, 0.5) is 0 Å². The highest BCUT2D eigenvalue weighted by atomic mass is 16.4. The molecule has 3 aromatic rings. The van der Waals surface area contributed by atoms with E-state index in [-0.39, 0.29) is 5.82 Å². The molecule has 1 aromatic heterocycles. The molecular weight excluding hydrogens is 256 g/mol. The van der Waals surface area contributed by atoms with Crippen LogP contribution in [0.5, 0.6) is 0 Å². The van der Waals surface area contributed by atoms with Gasteiger partial charge in [-0.25, -0.2) is 0 Å². The van der Waals surface area contributed by atoms with Crippen LogP contribution in [0.2, 0.25) is 0 Å². The van der Waals surface area contributed by atoms with Crippen LogP contribution in [-0.2, 0) is 0 Å². The van der Waals surface area contributed by atoms with E-state index in [0.29, 0.717) is 11.4 Å². The lowest BCUT2D eigenvalue weighted by molar-refractivity contribution is -0.735. The lowest BCUT2D eigenvalue weighted by atomic mass is 10.3. The summed E-state index contributed by atoms with van der Waals surface area (Å²) < 4.78 is 0. The molecule has 0 amide bonds. The van der Waals surface area contributed by atoms with Crippen molar-refractivity contribution < 1.29 is 14.7 Å². The van der Waals surface area contributed by atoms with Gasteiger partial charge in [0.2, 0.25) is 0 Å². The minimum atomic E-state index is -1.41. The summed E-state index contributed by atoms with van der Waals surface area (Å²) in [5.74, 6) is -1.78. The Hall–Kier alpha value is -3.02. The first kappa shape index (κ1) is 12.0. The lowest BCUT2D eigenvalue weighted by Crippen LogP contribution is -2.43. The summed E-state index contributed by atoms with van der Waals surface area (Å²) in [5, 5.41) is 18.9. The number of carboxylic acid groups (broad SMARTS) is 1. The molecule has 20 heavy (non-hydrogen) atoms. The Morgan fingerprint density at radius 1 is 1.00 bits per heavy atom. The van der Waals surface area contributed by atoms with E-state index in [4.69, 9.17) is 0 Å². The zero-order valence-electron chi connectivity index (χ0n) is 10.4. The highest BCUT2D eigenvalue weighted by Gasteiger charge is 2.22. The van der Waals surface area contributed by atoms with Crippen LogP contribution in [0.3, 0.4) is 0 Å². The molecule has 0 saturated heterocycles. The predicted octanol–water partition coefficient (Wildman–Crippen LogP) is -0.0925. The van der Waals surface area contributed by atoms with E-state index in [9.17, 15) is 9.90 Å². The number of aromatic nitrogens is 4. The molecule has 6 heteroatoms. The van der Waals surface area contributed by atoms with Gasteiger partial charge in [0.1, 0.15) is 11.7 Å². The summed E-state index contributed by atoms with van der Waals surface area (Å²) in [5.41, 5.74) is 1.41. The maximum Gasteiger partial charge on any atom is 0.355 e. The number of rotatable bonds is 3. The second kappa shape index (κ2) is 4.93. The van der Waals surface area contributed by atoms with Crippen molar-refractivity contribution in [1.82, 2.24) is 15.0 Å². The molecule has 0 aliphatic rings. The Balaban J connectivity index is 2.20. The van der Waals surface area contributed by atoms with Gasteiger partial charge in [-0.3, -0.25) is 0 Å². The van der Waals surface area contributed by atoms with E-state index < -0.39 is 5.97 Å². The summed E-state index contributed by atoms with van der Waals surface area (Å²) >= 11 is 0. The summed E-state index contributed by atoms with van der Waals surface area (Å²) in [4.78, 5) is 13.8. The van der Waals surface area contributed by atoms with Gasteiger partial charge < -0.3 is 9.90 Å². The molecule has 0 bridgehead atoms. The standard InChI is InChI=1S/C14H10N4O2/c19-14(20)13-15-17(11-7-3-1-4-8-11)18(16-13)12-9-5-2-6-10-12/h1-10H. The average Bonchev–Trinajstić information content (AvgIpc) is 2.94. The lowest BCUT2D eigenvalue weighted by Gasteiger charge is -1.98. The number of aromatic carboxylic acids is 1. The fourth-order valence-corrected chi connectivity index (χ4v) is 1.82. The third kappa shape index (κ3) is 2.14. The first-order chi connectivity index (χ1) is 9.75. The maximum absolute atomic E-state index is 11.0. The van der Waals surface area contributed by atoms with Gasteiger partial charge in [-0.15, -0.1) is 0 Å². The predicted molar refractivity (Wildman–Crippen MR) is 67.2 cm³/mol. The Labute approximate surface area is 114 Å². The zero-order valence-corrected chi connectivity index (χ0v) is 10.4. The fourth-order valence-electron chi connectivity index (χ4n) is 1.82. The third-order valence-corrected chi connectivity index (χ3v) is 2.72. The zero-order chi connectivity index (χ0) is 13.9. The van der Waals surface area contributed by atoms with E-state index in [1.807, 2.05) is 60.7 Å². The smallest absolute Gasteiger partial charge is 0.355 e. The monoisotopic (exact) mass is 266 g/mol. The van der Waals surface area contributed by atoms with Crippen LogP contribution in [-0.4, -0.2) is 21.0 Å². The fraction of sp³-hybridized carbons (Fsp3) is 0. The van der Waals surface area contributed by atoms with Crippen molar-refractivity contribution in [3.8, 4) is 11.4 Å². The van der Waals surface area contributed by atoms with E-state index in [1.165, 1.54) is 9.59 Å². The molecule has 0 atom stereocenters. The quantitative estimate of drug-likeness (QED) is 0.621. The number of benzene rings is 2. The molecule has 2 aromatic carbocycles. The number of carbonyl (C=O) groups excluding carboxylic acids is 1. The SMILES string of the molecule is O=C([O-])c1nn(-c2ccccc2)[n+](-c2ccccc2)n1. The largest absolute Gasteiger partial charge is 0.540 e. The van der Waals surface area contributed by atoms with Crippen molar-refractivity contribution in [3.63, 3.8) is 0 Å². The molecule has 0 radical (unpaired) electrons.